The fraction of sp³-hybridized carbons (Fsp3) is 0.300. The van der Waals surface area contributed by atoms with Crippen LogP contribution >= 0.6 is 0 Å². The summed E-state index contributed by atoms with van der Waals surface area (Å²) < 4.78 is 37.1. The van der Waals surface area contributed by atoms with Crippen LogP contribution in [0.1, 0.15) is 5.56 Å². The van der Waals surface area contributed by atoms with Crippen LogP contribution in [-0.4, -0.2) is 24.6 Å². The van der Waals surface area contributed by atoms with Crippen molar-refractivity contribution in [2.45, 2.75) is 6.18 Å². The van der Waals surface area contributed by atoms with Gasteiger partial charge in [-0.2, -0.15) is 13.2 Å². The van der Waals surface area contributed by atoms with Crippen molar-refractivity contribution in [2.24, 2.45) is 0 Å². The lowest BCUT2D eigenvalue weighted by molar-refractivity contribution is -0.137. The summed E-state index contributed by atoms with van der Waals surface area (Å²) in [5, 5.41) is 14.0. The van der Waals surface area contributed by atoms with Gasteiger partial charge in [0.25, 0.3) is 0 Å². The summed E-state index contributed by atoms with van der Waals surface area (Å²) in [6, 6.07) is 2.31. The van der Waals surface area contributed by atoms with Gasteiger partial charge in [0.15, 0.2) is 0 Å². The molecule has 0 bridgehead atoms. The van der Waals surface area contributed by atoms with Crippen LogP contribution in [0.2, 0.25) is 0 Å². The molecule has 0 fully saturated rings. The number of phenolic OH excluding ortho intramolecular Hbond substituents is 1. The summed E-state index contributed by atoms with van der Waals surface area (Å²) in [7, 11) is 1.52. The molecule has 0 radical (unpaired) electrons. The minimum absolute atomic E-state index is 0.0598. The van der Waals surface area contributed by atoms with E-state index in [0.717, 1.165) is 12.1 Å². The molecule has 0 aliphatic rings. The van der Waals surface area contributed by atoms with Gasteiger partial charge in [-0.15, -0.1) is 0 Å². The van der Waals surface area contributed by atoms with Crippen molar-refractivity contribution in [1.29, 1.82) is 0 Å². The summed E-state index contributed by atoms with van der Waals surface area (Å²) in [5.74, 6) is -0.954. The van der Waals surface area contributed by atoms with Crippen LogP contribution in [0.15, 0.2) is 18.2 Å². The maximum Gasteiger partial charge on any atom is 0.416 e. The van der Waals surface area contributed by atoms with E-state index in [9.17, 15) is 23.1 Å². The molecule has 0 heterocycles. The molecule has 1 rings (SSSR count). The maximum absolute atomic E-state index is 12.4. The Morgan fingerprint density at radius 1 is 1.41 bits per heavy atom. The lowest BCUT2D eigenvalue weighted by atomic mass is 10.2. The molecule has 1 amide bonds. The molecule has 1 aromatic carbocycles. The van der Waals surface area contributed by atoms with Crippen molar-refractivity contribution in [2.75, 3.05) is 18.9 Å². The Labute approximate surface area is 95.4 Å². The largest absolute Gasteiger partial charge is 0.506 e. The molecule has 7 heteroatoms. The fourth-order valence-electron chi connectivity index (χ4n) is 1.17. The molecular formula is C10H11F3N2O2. The zero-order chi connectivity index (χ0) is 13.1. The Kier molecular flexibility index (Phi) is 3.95. The molecule has 17 heavy (non-hydrogen) atoms. The highest BCUT2D eigenvalue weighted by molar-refractivity contribution is 5.93. The lowest BCUT2D eigenvalue weighted by Gasteiger charge is -2.11. The van der Waals surface area contributed by atoms with Crippen molar-refractivity contribution >= 4 is 11.6 Å². The van der Waals surface area contributed by atoms with Crippen molar-refractivity contribution < 1.29 is 23.1 Å². The number of halogens is 3. The second kappa shape index (κ2) is 5.05. The molecule has 94 valence electrons. The van der Waals surface area contributed by atoms with Crippen LogP contribution in [0.5, 0.6) is 5.75 Å². The van der Waals surface area contributed by atoms with Crippen molar-refractivity contribution in [3.63, 3.8) is 0 Å². The molecule has 0 aromatic heterocycles. The molecule has 0 aliphatic carbocycles. The van der Waals surface area contributed by atoms with E-state index in [1.807, 2.05) is 0 Å². The second-order valence-corrected chi connectivity index (χ2v) is 3.31. The second-order valence-electron chi connectivity index (χ2n) is 3.31. The van der Waals surface area contributed by atoms with E-state index in [1.54, 1.807) is 0 Å². The molecule has 0 spiro atoms. The van der Waals surface area contributed by atoms with Gasteiger partial charge in [-0.1, -0.05) is 0 Å². The number of hydrogen-bond donors (Lipinski definition) is 3. The monoisotopic (exact) mass is 248 g/mol. The van der Waals surface area contributed by atoms with Crippen molar-refractivity contribution in [3.05, 3.63) is 23.8 Å². The quantitative estimate of drug-likeness (QED) is 0.711. The van der Waals surface area contributed by atoms with Gasteiger partial charge < -0.3 is 15.7 Å². The number of rotatable bonds is 3. The summed E-state index contributed by atoms with van der Waals surface area (Å²) in [6.07, 6.45) is -4.52. The molecule has 0 saturated heterocycles. The average Bonchev–Trinajstić information content (AvgIpc) is 2.20. The molecule has 0 unspecified atom stereocenters. The van der Waals surface area contributed by atoms with Gasteiger partial charge >= 0.3 is 6.18 Å². The number of aromatic hydroxyl groups is 1. The number of carbonyl (C=O) groups is 1. The van der Waals surface area contributed by atoms with E-state index >= 15 is 0 Å². The minimum atomic E-state index is -4.52. The number of benzene rings is 1. The van der Waals surface area contributed by atoms with Gasteiger partial charge in [0, 0.05) is 0 Å². The first kappa shape index (κ1) is 13.3. The van der Waals surface area contributed by atoms with E-state index in [4.69, 9.17) is 0 Å². The number of phenols is 1. The van der Waals surface area contributed by atoms with Gasteiger partial charge in [0.05, 0.1) is 17.8 Å². The Hall–Kier alpha value is -1.76. The van der Waals surface area contributed by atoms with Crippen LogP contribution in [-0.2, 0) is 11.0 Å². The number of hydrogen-bond acceptors (Lipinski definition) is 3. The molecule has 3 N–H and O–H groups in total. The first-order valence-electron chi connectivity index (χ1n) is 4.69. The third-order valence-electron chi connectivity index (χ3n) is 1.94. The van der Waals surface area contributed by atoms with Gasteiger partial charge in [0.1, 0.15) is 5.75 Å². The van der Waals surface area contributed by atoms with Gasteiger partial charge in [-0.3, -0.25) is 4.79 Å². The van der Waals surface area contributed by atoms with Crippen LogP contribution in [0, 0.1) is 0 Å². The van der Waals surface area contributed by atoms with E-state index in [2.05, 4.69) is 10.6 Å². The molecule has 1 aromatic rings. The lowest BCUT2D eigenvalue weighted by Crippen LogP contribution is -2.25. The van der Waals surface area contributed by atoms with E-state index in [1.165, 1.54) is 7.05 Å². The number of amides is 1. The van der Waals surface area contributed by atoms with Crippen LogP contribution in [0.4, 0.5) is 18.9 Å². The molecule has 4 nitrogen and oxygen atoms in total. The van der Waals surface area contributed by atoms with E-state index in [0.29, 0.717) is 6.07 Å². The van der Waals surface area contributed by atoms with Gasteiger partial charge in [-0.25, -0.2) is 0 Å². The maximum atomic E-state index is 12.4. The zero-order valence-corrected chi connectivity index (χ0v) is 8.93. The topological polar surface area (TPSA) is 61.4 Å². The zero-order valence-electron chi connectivity index (χ0n) is 8.93. The predicted octanol–water partition coefficient (Wildman–Crippen LogP) is 1.57. The van der Waals surface area contributed by atoms with Gasteiger partial charge in [-0.05, 0) is 25.2 Å². The standard InChI is InChI=1S/C10H11F3N2O2/c1-14-5-9(17)15-7-4-6(10(11,12)13)2-3-8(7)16/h2-4,14,16H,5H2,1H3,(H,15,17). The van der Waals surface area contributed by atoms with E-state index in [-0.39, 0.29) is 12.2 Å². The first-order chi connectivity index (χ1) is 7.84. The highest BCUT2D eigenvalue weighted by atomic mass is 19.4. The highest BCUT2D eigenvalue weighted by Gasteiger charge is 2.31. The first-order valence-corrected chi connectivity index (χ1v) is 4.69. The fourth-order valence-corrected chi connectivity index (χ4v) is 1.17. The Balaban J connectivity index is 2.95. The average molecular weight is 248 g/mol. The van der Waals surface area contributed by atoms with Crippen molar-refractivity contribution in [3.8, 4) is 5.75 Å². The number of likely N-dealkylation sites (N-methyl/N-ethyl adjacent to an activating group) is 1. The third-order valence-corrected chi connectivity index (χ3v) is 1.94. The number of carbonyl (C=O) groups excluding carboxylic acids is 1. The van der Waals surface area contributed by atoms with Crippen LogP contribution in [0.3, 0.4) is 0 Å². The number of anilines is 1. The summed E-state index contributed by atoms with van der Waals surface area (Å²) in [5.41, 5.74) is -1.20. The summed E-state index contributed by atoms with van der Waals surface area (Å²) in [4.78, 5) is 11.2. The molecular weight excluding hydrogens is 237 g/mol. The highest BCUT2D eigenvalue weighted by Crippen LogP contribution is 2.34. The summed E-state index contributed by atoms with van der Waals surface area (Å²) >= 11 is 0. The summed E-state index contributed by atoms with van der Waals surface area (Å²) in [6.45, 7) is -0.0598. The molecule has 0 aliphatic heterocycles. The van der Waals surface area contributed by atoms with Crippen LogP contribution in [0.25, 0.3) is 0 Å². The molecule has 0 saturated carbocycles. The Morgan fingerprint density at radius 2 is 2.06 bits per heavy atom. The molecule has 0 atom stereocenters. The van der Waals surface area contributed by atoms with Crippen LogP contribution < -0.4 is 10.6 Å². The predicted molar refractivity (Wildman–Crippen MR) is 55.7 cm³/mol. The third kappa shape index (κ3) is 3.63. The van der Waals surface area contributed by atoms with E-state index < -0.39 is 23.4 Å². The Bertz CT molecular complexity index is 419. The Morgan fingerprint density at radius 3 is 2.59 bits per heavy atom. The normalized spacial score (nSPS) is 11.3. The minimum Gasteiger partial charge on any atom is -0.506 e. The van der Waals surface area contributed by atoms with Gasteiger partial charge in [0.2, 0.25) is 5.91 Å². The number of alkyl halides is 3. The smallest absolute Gasteiger partial charge is 0.416 e. The van der Waals surface area contributed by atoms with Crippen molar-refractivity contribution in [1.82, 2.24) is 5.32 Å². The number of nitrogens with one attached hydrogen (secondary N) is 2. The SMILES string of the molecule is CNCC(=O)Nc1cc(C(F)(F)F)ccc1O.